The molecule has 0 fully saturated rings. The second-order valence-corrected chi connectivity index (χ2v) is 9.17. The maximum atomic E-state index is 13.8. The molecule has 1 atom stereocenters. The lowest BCUT2D eigenvalue weighted by molar-refractivity contribution is -0.123. The van der Waals surface area contributed by atoms with Crippen LogP contribution in [0.3, 0.4) is 0 Å². The molecule has 10 nitrogen and oxygen atoms in total. The number of anilines is 2. The highest BCUT2D eigenvalue weighted by molar-refractivity contribution is 7.09. The number of nitrogens with one attached hydrogen (secondary N) is 1. The summed E-state index contributed by atoms with van der Waals surface area (Å²) in [5.74, 6) is -0.892. The average Bonchev–Trinajstić information content (AvgIpc) is 3.13. The van der Waals surface area contributed by atoms with Crippen LogP contribution in [0.2, 0.25) is 0 Å². The molecule has 33 heavy (non-hydrogen) atoms. The monoisotopic (exact) mass is 477 g/mol. The number of nitrogen functional groups attached to an aromatic ring is 1. The van der Waals surface area contributed by atoms with Gasteiger partial charge in [0.15, 0.2) is 17.2 Å². The van der Waals surface area contributed by atoms with Crippen LogP contribution in [0.25, 0.3) is 0 Å². The lowest BCUT2D eigenvalue weighted by atomic mass is 10.0. The number of primary amides is 1. The number of carbonyl (C=O) groups excluding carboxylic acids is 3. The Balaban J connectivity index is 2.68. The van der Waals surface area contributed by atoms with E-state index in [9.17, 15) is 14.4 Å². The Morgan fingerprint density at radius 1 is 1.18 bits per heavy atom. The third-order valence-corrected chi connectivity index (χ3v) is 5.55. The van der Waals surface area contributed by atoms with Gasteiger partial charge in [-0.05, 0) is 50.9 Å². The smallest absolute Gasteiger partial charge is 0.272 e. The van der Waals surface area contributed by atoms with Crippen molar-refractivity contribution in [1.82, 2.24) is 9.69 Å². The Hall–Kier alpha value is -3.34. The summed E-state index contributed by atoms with van der Waals surface area (Å²) in [6.45, 7) is 7.49. The first-order valence-corrected chi connectivity index (χ1v) is 11.1. The standard InChI is InChI=1S/C22H31N5O5S/c1-7-8-13(20(29)25-22(2,3)4)27(12-9-10-14(31-5)15(11-12)32-6)21(30)18-16(23)17(19(24)28)26-33-18/h9-11,13H,7-8,23H2,1-6H3,(H2,24,28)(H,25,29)/t13-/m0/s1. The SMILES string of the molecule is CCC[C@@H](C(=O)NC(C)(C)C)N(C(=O)c1snc(C(N)=O)c1N)c1ccc(OC)c(OC)c1. The fourth-order valence-corrected chi connectivity index (χ4v) is 4.00. The second kappa shape index (κ2) is 10.5. The molecule has 0 saturated carbocycles. The van der Waals surface area contributed by atoms with Gasteiger partial charge in [0.25, 0.3) is 11.8 Å². The van der Waals surface area contributed by atoms with Crippen LogP contribution in [-0.2, 0) is 4.79 Å². The molecule has 0 bridgehead atoms. The third-order valence-electron chi connectivity index (χ3n) is 4.69. The van der Waals surface area contributed by atoms with E-state index in [4.69, 9.17) is 20.9 Å². The van der Waals surface area contributed by atoms with Gasteiger partial charge < -0.3 is 26.3 Å². The number of aromatic nitrogens is 1. The van der Waals surface area contributed by atoms with E-state index in [1.807, 2.05) is 27.7 Å². The zero-order valence-corrected chi connectivity index (χ0v) is 20.5. The minimum Gasteiger partial charge on any atom is -0.493 e. The Morgan fingerprint density at radius 2 is 1.82 bits per heavy atom. The molecule has 0 unspecified atom stereocenters. The summed E-state index contributed by atoms with van der Waals surface area (Å²) < 4.78 is 14.6. The summed E-state index contributed by atoms with van der Waals surface area (Å²) in [6.07, 6.45) is 1.01. The Bertz CT molecular complexity index is 1030. The summed E-state index contributed by atoms with van der Waals surface area (Å²) >= 11 is 0.759. The van der Waals surface area contributed by atoms with E-state index >= 15 is 0 Å². The molecule has 0 aliphatic heterocycles. The van der Waals surface area contributed by atoms with E-state index < -0.39 is 23.4 Å². The number of carbonyl (C=O) groups is 3. The van der Waals surface area contributed by atoms with E-state index in [0.717, 1.165) is 11.5 Å². The maximum Gasteiger partial charge on any atom is 0.272 e. The van der Waals surface area contributed by atoms with Crippen molar-refractivity contribution in [3.05, 3.63) is 28.8 Å². The minimum absolute atomic E-state index is 0.0169. The number of hydrogen-bond donors (Lipinski definition) is 3. The number of benzene rings is 1. The zero-order chi connectivity index (χ0) is 24.9. The third kappa shape index (κ3) is 5.92. The number of methoxy groups -OCH3 is 2. The van der Waals surface area contributed by atoms with Crippen molar-refractivity contribution in [3.8, 4) is 11.5 Å². The molecular weight excluding hydrogens is 446 g/mol. The number of hydrogen-bond acceptors (Lipinski definition) is 8. The molecule has 1 aromatic carbocycles. The summed E-state index contributed by atoms with van der Waals surface area (Å²) in [6, 6.07) is 4.04. The molecule has 0 saturated heterocycles. The molecule has 5 N–H and O–H groups in total. The van der Waals surface area contributed by atoms with Crippen LogP contribution >= 0.6 is 11.5 Å². The molecule has 11 heteroatoms. The van der Waals surface area contributed by atoms with E-state index in [0.29, 0.717) is 30.0 Å². The quantitative estimate of drug-likeness (QED) is 0.502. The summed E-state index contributed by atoms with van der Waals surface area (Å²) in [4.78, 5) is 40.0. The molecule has 2 aromatic rings. The fourth-order valence-electron chi connectivity index (χ4n) is 3.26. The van der Waals surface area contributed by atoms with Gasteiger partial charge in [-0.1, -0.05) is 13.3 Å². The van der Waals surface area contributed by atoms with Gasteiger partial charge >= 0.3 is 0 Å². The molecule has 0 aliphatic rings. The van der Waals surface area contributed by atoms with Gasteiger partial charge in [-0.15, -0.1) is 0 Å². The first kappa shape index (κ1) is 25.9. The molecule has 0 aliphatic carbocycles. The predicted molar refractivity (Wildman–Crippen MR) is 128 cm³/mol. The van der Waals surface area contributed by atoms with Gasteiger partial charge in [0.1, 0.15) is 10.9 Å². The topological polar surface area (TPSA) is 150 Å². The van der Waals surface area contributed by atoms with Crippen molar-refractivity contribution in [2.75, 3.05) is 24.9 Å². The first-order chi connectivity index (χ1) is 15.4. The van der Waals surface area contributed by atoms with Crippen molar-refractivity contribution < 1.29 is 23.9 Å². The summed E-state index contributed by atoms with van der Waals surface area (Å²) in [5.41, 5.74) is 10.9. The van der Waals surface area contributed by atoms with Crippen molar-refractivity contribution in [2.24, 2.45) is 5.73 Å². The van der Waals surface area contributed by atoms with Crippen LogP contribution in [0, 0.1) is 0 Å². The van der Waals surface area contributed by atoms with Crippen molar-refractivity contribution in [3.63, 3.8) is 0 Å². The second-order valence-electron chi connectivity index (χ2n) is 8.40. The molecular formula is C22H31N5O5S. The Morgan fingerprint density at radius 3 is 2.30 bits per heavy atom. The van der Waals surface area contributed by atoms with Gasteiger partial charge in [-0.2, -0.15) is 4.37 Å². The zero-order valence-electron chi connectivity index (χ0n) is 19.7. The number of amides is 3. The Kier molecular flexibility index (Phi) is 8.26. The molecule has 3 amide bonds. The van der Waals surface area contributed by atoms with Gasteiger partial charge in [-0.3, -0.25) is 19.3 Å². The van der Waals surface area contributed by atoms with Gasteiger partial charge in [0.2, 0.25) is 5.91 Å². The molecule has 0 radical (unpaired) electrons. The van der Waals surface area contributed by atoms with Crippen LogP contribution in [0.4, 0.5) is 11.4 Å². The summed E-state index contributed by atoms with van der Waals surface area (Å²) in [7, 11) is 2.98. The highest BCUT2D eigenvalue weighted by Crippen LogP contribution is 2.35. The lowest BCUT2D eigenvalue weighted by Gasteiger charge is -2.33. The van der Waals surface area contributed by atoms with E-state index in [1.165, 1.54) is 19.1 Å². The maximum absolute atomic E-state index is 13.8. The fraction of sp³-hybridized carbons (Fsp3) is 0.455. The van der Waals surface area contributed by atoms with Gasteiger partial charge in [0, 0.05) is 17.3 Å². The number of nitrogens with zero attached hydrogens (tertiary/aromatic N) is 2. The first-order valence-electron chi connectivity index (χ1n) is 10.4. The highest BCUT2D eigenvalue weighted by atomic mass is 32.1. The number of rotatable bonds is 9. The van der Waals surface area contributed by atoms with Crippen LogP contribution in [-0.4, -0.2) is 47.9 Å². The van der Waals surface area contributed by atoms with Crippen molar-refractivity contribution in [2.45, 2.75) is 52.1 Å². The van der Waals surface area contributed by atoms with Gasteiger partial charge in [0.05, 0.1) is 19.9 Å². The van der Waals surface area contributed by atoms with Crippen LogP contribution in [0.15, 0.2) is 18.2 Å². The molecule has 180 valence electrons. The average molecular weight is 478 g/mol. The van der Waals surface area contributed by atoms with Gasteiger partial charge in [-0.25, -0.2) is 0 Å². The van der Waals surface area contributed by atoms with E-state index in [2.05, 4.69) is 9.69 Å². The number of ether oxygens (including phenoxy) is 2. The summed E-state index contributed by atoms with van der Waals surface area (Å²) in [5, 5.41) is 2.94. The van der Waals surface area contributed by atoms with Crippen LogP contribution in [0.1, 0.15) is 60.7 Å². The molecule has 2 rings (SSSR count). The van der Waals surface area contributed by atoms with Crippen molar-refractivity contribution in [1.29, 1.82) is 0 Å². The lowest BCUT2D eigenvalue weighted by Crippen LogP contribution is -2.54. The van der Waals surface area contributed by atoms with E-state index in [1.54, 1.807) is 18.2 Å². The van der Waals surface area contributed by atoms with Crippen molar-refractivity contribution >= 4 is 40.6 Å². The van der Waals surface area contributed by atoms with Crippen LogP contribution < -0.4 is 31.2 Å². The number of nitrogens with two attached hydrogens (primary N) is 2. The molecule has 0 spiro atoms. The normalized spacial score (nSPS) is 12.1. The predicted octanol–water partition coefficient (Wildman–Crippen LogP) is 2.57. The Labute approximate surface area is 197 Å². The van der Waals surface area contributed by atoms with E-state index in [-0.39, 0.29) is 22.2 Å². The minimum atomic E-state index is -0.863. The largest absolute Gasteiger partial charge is 0.493 e. The highest BCUT2D eigenvalue weighted by Gasteiger charge is 2.35. The molecule has 1 aromatic heterocycles. The van der Waals surface area contributed by atoms with Crippen LogP contribution in [0.5, 0.6) is 11.5 Å². The molecule has 1 heterocycles.